The Hall–Kier alpha value is -2.83. The van der Waals surface area contributed by atoms with Crippen LogP contribution < -0.4 is 5.32 Å². The van der Waals surface area contributed by atoms with E-state index in [1.54, 1.807) is 6.08 Å². The summed E-state index contributed by atoms with van der Waals surface area (Å²) < 4.78 is 11.4. The Morgan fingerprint density at radius 2 is 1.37 bits per heavy atom. The van der Waals surface area contributed by atoms with Crippen LogP contribution in [0.5, 0.6) is 0 Å². The first-order chi connectivity index (χ1) is 20.5. The molecular weight excluding hydrogens is 554 g/mol. The van der Waals surface area contributed by atoms with E-state index in [-0.39, 0.29) is 57.1 Å². The van der Waals surface area contributed by atoms with Crippen LogP contribution in [-0.2, 0) is 23.9 Å². The minimum absolute atomic E-state index is 0.0517. The Labute approximate surface area is 257 Å². The van der Waals surface area contributed by atoms with Gasteiger partial charge in [-0.15, -0.1) is 0 Å². The van der Waals surface area contributed by atoms with Crippen molar-refractivity contribution in [3.8, 4) is 0 Å². The van der Waals surface area contributed by atoms with Crippen molar-refractivity contribution in [3.63, 3.8) is 0 Å². The molecule has 1 amide bonds. The highest BCUT2D eigenvalue weighted by atomic mass is 16.5. The van der Waals surface area contributed by atoms with E-state index < -0.39 is 6.10 Å². The first-order valence-electron chi connectivity index (χ1n) is 15.4. The number of carbonyl (C=O) groups is 3. The van der Waals surface area contributed by atoms with Gasteiger partial charge in [0.05, 0.1) is 66.8 Å². The van der Waals surface area contributed by atoms with E-state index in [0.29, 0.717) is 67.4 Å². The van der Waals surface area contributed by atoms with Gasteiger partial charge in [0.25, 0.3) is 0 Å². The van der Waals surface area contributed by atoms with Crippen LogP contribution in [0.4, 0.5) is 0 Å². The minimum atomic E-state index is -0.690. The van der Waals surface area contributed by atoms with Crippen molar-refractivity contribution in [1.82, 2.24) is 5.32 Å². The minimum Gasteiger partial charge on any atom is -0.466 e. The average molecular weight is 610 g/mol. The van der Waals surface area contributed by atoms with Gasteiger partial charge in [0.15, 0.2) is 6.10 Å². The van der Waals surface area contributed by atoms with Crippen LogP contribution in [0.3, 0.4) is 0 Å². The molecule has 1 aromatic rings. The van der Waals surface area contributed by atoms with Crippen LogP contribution in [0.2, 0.25) is 0 Å². The van der Waals surface area contributed by atoms with Gasteiger partial charge in [0.1, 0.15) is 13.1 Å². The zero-order valence-electron chi connectivity index (χ0n) is 26.4. The summed E-state index contributed by atoms with van der Waals surface area (Å²) in [7, 11) is 5.97. The Bertz CT molecular complexity index is 927. The maximum absolute atomic E-state index is 12.3. The predicted molar refractivity (Wildman–Crippen MR) is 166 cm³/mol. The van der Waals surface area contributed by atoms with E-state index in [1.165, 1.54) is 6.08 Å². The molecule has 11 nitrogen and oxygen atoms in total. The largest absolute Gasteiger partial charge is 0.466 e. The number of likely N-dealkylation sites (N-methyl/N-ethyl adjacent to an activating group) is 2. The fourth-order valence-corrected chi connectivity index (χ4v) is 4.70. The number of aliphatic hydroxyl groups is 3. The molecule has 1 atom stereocenters. The molecular formula is C32H55N3O8+2. The van der Waals surface area contributed by atoms with Crippen LogP contribution in [-0.4, -0.2) is 135 Å². The number of nitrogens with one attached hydrogen (secondary N) is 1. The fourth-order valence-electron chi connectivity index (χ4n) is 4.70. The summed E-state index contributed by atoms with van der Waals surface area (Å²) >= 11 is 0. The zero-order valence-corrected chi connectivity index (χ0v) is 26.4. The molecule has 0 aliphatic rings. The molecule has 0 fully saturated rings. The van der Waals surface area contributed by atoms with Gasteiger partial charge in [-0.3, -0.25) is 14.4 Å². The van der Waals surface area contributed by atoms with Crippen LogP contribution >= 0.6 is 0 Å². The summed E-state index contributed by atoms with van der Waals surface area (Å²) in [4.78, 5) is 36.8. The van der Waals surface area contributed by atoms with E-state index in [0.717, 1.165) is 18.5 Å². The average Bonchev–Trinajstić information content (AvgIpc) is 2.97. The predicted octanol–water partition coefficient (Wildman–Crippen LogP) is 1.50. The molecule has 1 unspecified atom stereocenters. The molecule has 0 saturated carbocycles. The first-order valence-corrected chi connectivity index (χ1v) is 15.4. The smallest absolute Gasteiger partial charge is 0.311 e. The Kier molecular flexibility index (Phi) is 19.4. The summed E-state index contributed by atoms with van der Waals surface area (Å²) in [6.45, 7) is 3.46. The Balaban J connectivity index is 2.59. The fraction of sp³-hybridized carbons (Fsp3) is 0.656. The number of rotatable bonds is 24. The molecule has 11 heteroatoms. The quantitative estimate of drug-likeness (QED) is 0.0598. The van der Waals surface area contributed by atoms with Gasteiger partial charge in [0, 0.05) is 32.3 Å². The first kappa shape index (κ1) is 38.2. The van der Waals surface area contributed by atoms with Gasteiger partial charge in [-0.05, 0) is 37.3 Å². The van der Waals surface area contributed by atoms with E-state index in [1.807, 2.05) is 51.5 Å². The maximum Gasteiger partial charge on any atom is 0.311 e. The number of hydrogen-bond donors (Lipinski definition) is 4. The SMILES string of the molecule is C[N+](C)(CCCNC(=O)C=Cc1ccccc1)CC(O)C[N+](C)(CCC(=O)OCCCCO)CCC(=O)OCCCCO. The zero-order chi connectivity index (χ0) is 32.0. The third kappa shape index (κ3) is 19.9. The molecule has 0 aliphatic heterocycles. The molecule has 0 bridgehead atoms. The maximum atomic E-state index is 12.3. The van der Waals surface area contributed by atoms with E-state index in [2.05, 4.69) is 5.32 Å². The van der Waals surface area contributed by atoms with Crippen molar-refractivity contribution in [2.24, 2.45) is 0 Å². The number of unbranched alkanes of at least 4 members (excludes halogenated alkanes) is 2. The highest BCUT2D eigenvalue weighted by Crippen LogP contribution is 2.13. The lowest BCUT2D eigenvalue weighted by Crippen LogP contribution is -2.55. The molecule has 4 N–H and O–H groups in total. The number of carbonyl (C=O) groups excluding carboxylic acids is 3. The van der Waals surface area contributed by atoms with E-state index in [9.17, 15) is 19.5 Å². The summed E-state index contributed by atoms with van der Waals surface area (Å²) in [5.41, 5.74) is 0.958. The summed E-state index contributed by atoms with van der Waals surface area (Å²) in [6, 6.07) is 9.62. The standard InChI is InChI=1S/C32H54N3O8/c1-34(2,19-11-18-33-30(39)15-14-28-12-5-4-6-13-28)26-29(38)27-35(3,20-16-31(40)42-24-9-7-22-36)21-17-32(41)43-25-10-8-23-37/h4-6,12-15,29,36-38H,7-11,16-27H2,1-3H3/q+1/p+1. The molecule has 0 heterocycles. The topological polar surface area (TPSA) is 142 Å². The Morgan fingerprint density at radius 1 is 0.814 bits per heavy atom. The molecule has 0 saturated heterocycles. The monoisotopic (exact) mass is 609 g/mol. The molecule has 244 valence electrons. The molecule has 1 aromatic carbocycles. The number of amides is 1. The number of quaternary nitrogens is 2. The van der Waals surface area contributed by atoms with Gasteiger partial charge in [-0.25, -0.2) is 0 Å². The highest BCUT2D eigenvalue weighted by Gasteiger charge is 2.31. The van der Waals surface area contributed by atoms with Crippen LogP contribution in [0.1, 0.15) is 50.5 Å². The number of esters is 2. The van der Waals surface area contributed by atoms with Crippen molar-refractivity contribution >= 4 is 23.9 Å². The van der Waals surface area contributed by atoms with Crippen molar-refractivity contribution in [3.05, 3.63) is 42.0 Å². The molecule has 1 rings (SSSR count). The summed E-state index contributed by atoms with van der Waals surface area (Å²) in [6.07, 6.45) is 5.95. The van der Waals surface area contributed by atoms with Gasteiger partial charge in [0.2, 0.25) is 5.91 Å². The van der Waals surface area contributed by atoms with Gasteiger partial charge in [-0.1, -0.05) is 30.3 Å². The van der Waals surface area contributed by atoms with Crippen molar-refractivity contribution in [2.75, 3.05) is 86.8 Å². The highest BCUT2D eigenvalue weighted by molar-refractivity contribution is 5.91. The van der Waals surface area contributed by atoms with E-state index >= 15 is 0 Å². The Morgan fingerprint density at radius 3 is 1.91 bits per heavy atom. The van der Waals surface area contributed by atoms with Crippen molar-refractivity contribution < 1.29 is 48.1 Å². The summed E-state index contributed by atoms with van der Waals surface area (Å²) in [5.74, 6) is -0.846. The number of aliphatic hydroxyl groups excluding tert-OH is 3. The third-order valence-electron chi connectivity index (χ3n) is 7.17. The number of hydrogen-bond acceptors (Lipinski definition) is 8. The van der Waals surface area contributed by atoms with E-state index in [4.69, 9.17) is 19.7 Å². The normalized spacial score (nSPS) is 12.7. The van der Waals surface area contributed by atoms with Crippen LogP contribution in [0.15, 0.2) is 36.4 Å². The molecule has 0 aliphatic carbocycles. The second kappa shape index (κ2) is 21.8. The molecule has 0 aromatic heterocycles. The lowest BCUT2D eigenvalue weighted by molar-refractivity contribution is -0.925. The number of ether oxygens (including phenoxy) is 2. The molecule has 0 radical (unpaired) electrons. The van der Waals surface area contributed by atoms with Gasteiger partial charge < -0.3 is 39.1 Å². The van der Waals surface area contributed by atoms with Crippen molar-refractivity contribution in [2.45, 2.75) is 51.0 Å². The number of nitrogens with zero attached hydrogens (tertiary/aromatic N) is 2. The lowest BCUT2D eigenvalue weighted by Gasteiger charge is -2.38. The second-order valence-electron chi connectivity index (χ2n) is 11.9. The second-order valence-corrected chi connectivity index (χ2v) is 11.9. The molecule has 0 spiro atoms. The van der Waals surface area contributed by atoms with Crippen LogP contribution in [0.25, 0.3) is 6.08 Å². The van der Waals surface area contributed by atoms with Gasteiger partial charge in [-0.2, -0.15) is 0 Å². The molecule has 43 heavy (non-hydrogen) atoms. The number of benzene rings is 1. The van der Waals surface area contributed by atoms with Crippen LogP contribution in [0, 0.1) is 0 Å². The van der Waals surface area contributed by atoms with Gasteiger partial charge >= 0.3 is 11.9 Å². The lowest BCUT2D eigenvalue weighted by atomic mass is 10.2. The summed E-state index contributed by atoms with van der Waals surface area (Å²) in [5, 5.41) is 31.8. The van der Waals surface area contributed by atoms with Crippen molar-refractivity contribution in [1.29, 1.82) is 0 Å². The third-order valence-corrected chi connectivity index (χ3v) is 7.17.